The third-order valence-electron chi connectivity index (χ3n) is 16.6. The topological polar surface area (TPSA) is 406 Å². The van der Waals surface area contributed by atoms with Gasteiger partial charge in [0.05, 0.1) is 26.4 Å². The van der Waals surface area contributed by atoms with Crippen molar-refractivity contribution in [3.05, 3.63) is 179 Å². The van der Waals surface area contributed by atoms with Crippen LogP contribution in [0.25, 0.3) is 44.1 Å². The van der Waals surface area contributed by atoms with Crippen LogP contribution in [0.5, 0.6) is 11.5 Å². The highest BCUT2D eigenvalue weighted by atomic mass is 35.5. The molecule has 10 atom stereocenters. The molecule has 2 aliphatic rings. The summed E-state index contributed by atoms with van der Waals surface area (Å²) < 4.78 is 80.7. The number of aliphatic hydroxyl groups is 4. The minimum atomic E-state index is -3.87. The van der Waals surface area contributed by atoms with E-state index in [0.717, 1.165) is 45.1 Å². The van der Waals surface area contributed by atoms with Crippen molar-refractivity contribution >= 4 is 118 Å². The Bertz CT molecular complexity index is 4590. The summed E-state index contributed by atoms with van der Waals surface area (Å²) in [6.07, 6.45) is 3.11. The number of anilines is 2. The first-order valence-electron chi connectivity index (χ1n) is 32.1. The average Bonchev–Trinajstić information content (AvgIpc) is 1.61. The number of halogens is 2. The lowest BCUT2D eigenvalue weighted by molar-refractivity contribution is -0.746. The zero-order valence-electron chi connectivity index (χ0n) is 56.5. The monoisotopic (exact) mass is 1530 g/mol. The Morgan fingerprint density at radius 2 is 1.00 bits per heavy atom. The number of nitrogens with one attached hydrogen (secondary N) is 6. The molecule has 0 aliphatic carbocycles. The van der Waals surface area contributed by atoms with E-state index in [1.165, 1.54) is 33.6 Å². The largest absolute Gasteiger partial charge is 0.490 e. The van der Waals surface area contributed by atoms with Crippen molar-refractivity contribution in [3.63, 3.8) is 0 Å². The van der Waals surface area contributed by atoms with Crippen molar-refractivity contribution in [2.75, 3.05) is 88.2 Å². The molecule has 0 amide bonds. The molecule has 6 aromatic heterocycles. The standard InChI is InChI=1S/C33H41ClN7O8PS.C31H37ClN7O8PS.2CH3/c1-51-17-5-4-15-47-50(45,37-13-12-21-18-36-25-7-3-2-6-24(21)25)48-19-26-28(42)29(43)32(49-26)41-20-40(27-30(41)38-33(35)39-31(27)44)14-16-46-23-10-8-22(34)9-11-23;1-49-15-14-45-48(43,35-11-10-19-16-34-23-5-3-2-4-22(19)23)46-17-24-26(40)27(41)30(47-24)39-18-38(25-28(39)36-31(33)37-29(25)42)12-13-44-21-8-6-20(32)7-9-21;;/h2-3,6-11,18,20,26,28-29,32,36,42-43H,4-5,12-17,19H2,1H3,(H3-,35,37,38,39,44,45);2-9,16,18,24,26-27,30,34,40-41H,10-15,17H2,1H3,(H3-,33,35,36,37,42,43);2*1H3/q;;2*-1/p+2/t26-,28+,29?,32-,50?;24-,26+,27?,30-,48?;;/m11../s1. The summed E-state index contributed by atoms with van der Waals surface area (Å²) in [6, 6.07) is 29.5. The lowest BCUT2D eigenvalue weighted by atomic mass is 10.1. The lowest BCUT2D eigenvalue weighted by Crippen LogP contribution is -2.46. The first kappa shape index (κ1) is 79.2. The zero-order chi connectivity index (χ0) is 70.5. The average molecular weight is 1530 g/mol. The zero-order valence-corrected chi connectivity index (χ0v) is 61.4. The first-order valence-corrected chi connectivity index (χ1v) is 38.7. The number of aromatic nitrogens is 10. The number of thioether (sulfide) groups is 2. The molecule has 30 nitrogen and oxygen atoms in total. The molecule has 0 saturated carbocycles. The molecule has 2 saturated heterocycles. The molecular formula is C66H86Cl2N14O16P2S2. The van der Waals surface area contributed by atoms with Crippen LogP contribution in [0.4, 0.5) is 11.9 Å². The highest BCUT2D eigenvalue weighted by Gasteiger charge is 2.50. The minimum Gasteiger partial charge on any atom is -0.490 e. The molecule has 36 heteroatoms. The van der Waals surface area contributed by atoms with Crippen LogP contribution in [-0.4, -0.2) is 173 Å². The van der Waals surface area contributed by atoms with Crippen LogP contribution in [0.2, 0.25) is 10.0 Å². The number of fused-ring (bicyclic) bond motifs is 4. The number of nitrogens with two attached hydrogens (primary N) is 2. The Morgan fingerprint density at radius 1 is 0.578 bits per heavy atom. The number of para-hydroxylation sites is 2. The second-order valence-corrected chi connectivity index (χ2v) is 29.9. The van der Waals surface area contributed by atoms with E-state index in [-0.39, 0.29) is 108 Å². The third-order valence-corrected chi connectivity index (χ3v) is 21.6. The molecule has 4 unspecified atom stereocenters. The van der Waals surface area contributed by atoms with Crippen molar-refractivity contribution in [1.29, 1.82) is 0 Å². The second-order valence-electron chi connectivity index (χ2n) is 23.4. The first-order chi connectivity index (χ1) is 48.3. The summed E-state index contributed by atoms with van der Waals surface area (Å²) in [7, 11) is -7.73. The van der Waals surface area contributed by atoms with Gasteiger partial charge >= 0.3 is 26.8 Å². The predicted octanol–water partition coefficient (Wildman–Crippen LogP) is 7.21. The fourth-order valence-corrected chi connectivity index (χ4v) is 15.3. The van der Waals surface area contributed by atoms with Crippen LogP contribution in [0, 0.1) is 14.9 Å². The van der Waals surface area contributed by atoms with E-state index in [0.29, 0.717) is 53.1 Å². The number of benzene rings is 4. The molecule has 0 radical (unpaired) electrons. The molecule has 8 heterocycles. The minimum absolute atomic E-state index is 0. The number of aliphatic hydroxyl groups excluding tert-OH is 4. The number of unbranched alkanes of at least 4 members (excludes halogenated alkanes) is 1. The number of ether oxygens (including phenoxy) is 4. The molecule has 552 valence electrons. The maximum absolute atomic E-state index is 13.9. The Morgan fingerprint density at radius 3 is 1.43 bits per heavy atom. The van der Waals surface area contributed by atoms with Gasteiger partial charge in [-0.25, -0.2) is 28.4 Å². The van der Waals surface area contributed by atoms with Gasteiger partial charge in [-0.1, -0.05) is 69.6 Å². The molecule has 4 aromatic carbocycles. The molecule has 102 heavy (non-hydrogen) atoms. The van der Waals surface area contributed by atoms with Crippen LogP contribution in [0.1, 0.15) is 36.4 Å². The van der Waals surface area contributed by atoms with Crippen molar-refractivity contribution < 1.29 is 75.7 Å². The quantitative estimate of drug-likeness (QED) is 0.00820. The third kappa shape index (κ3) is 19.5. The molecule has 0 bridgehead atoms. The summed E-state index contributed by atoms with van der Waals surface area (Å²) in [5.41, 5.74) is 15.4. The van der Waals surface area contributed by atoms with Crippen LogP contribution >= 0.6 is 62.2 Å². The second kappa shape index (κ2) is 36.7. The number of nitrogen functional groups attached to an aromatic ring is 2. The maximum atomic E-state index is 13.9. The number of hydrogen-bond acceptors (Lipinski definition) is 22. The SMILES string of the molecule is CSCCCCOP(=O)(NCCc1c[nH]c2ccccc12)OC[C@H]1O[C@@H]([n+]2cn(CCOc3ccc(Cl)cc3)c3c(=O)[nH]c(N)nc32)C(O)[C@H]1O.CSCCOP(=O)(NCCc1c[nH]c2ccccc12)OC[C@H]1O[C@@H]([n+]2cn(CCOc3ccc(Cl)cc3)c3c(=O)[nH]c(N)nc32)C(O)[C@H]1O.[CH3-].[CH3-]. The summed E-state index contributed by atoms with van der Waals surface area (Å²) in [5.74, 6) is 2.43. The summed E-state index contributed by atoms with van der Waals surface area (Å²) in [5, 5.41) is 53.5. The number of aromatic amines is 4. The fraction of sp³-hybridized carbons (Fsp3) is 0.394. The summed E-state index contributed by atoms with van der Waals surface area (Å²) >= 11 is 15.2. The lowest BCUT2D eigenvalue weighted by Gasteiger charge is -2.22. The number of H-pyrrole nitrogens is 4. The Labute approximate surface area is 606 Å². The van der Waals surface area contributed by atoms with E-state index >= 15 is 0 Å². The Kier molecular flexibility index (Phi) is 28.5. The van der Waals surface area contributed by atoms with Gasteiger partial charge in [-0.05, 0) is 116 Å². The van der Waals surface area contributed by atoms with Gasteiger partial charge in [-0.3, -0.25) is 46.8 Å². The Hall–Kier alpha value is -6.88. The van der Waals surface area contributed by atoms with Crippen LogP contribution in [0.3, 0.4) is 0 Å². The van der Waals surface area contributed by atoms with Gasteiger partial charge in [0.15, 0.2) is 12.7 Å². The number of imidazole rings is 2. The number of nitrogens with zero attached hydrogens (tertiary/aromatic N) is 6. The summed E-state index contributed by atoms with van der Waals surface area (Å²) in [6.45, 7) is 1.03. The van der Waals surface area contributed by atoms with E-state index in [9.17, 15) is 39.1 Å². The number of rotatable bonds is 34. The highest BCUT2D eigenvalue weighted by molar-refractivity contribution is 7.98. The van der Waals surface area contributed by atoms with Gasteiger partial charge in [0.2, 0.25) is 23.5 Å². The van der Waals surface area contributed by atoms with Gasteiger partial charge in [-0.2, -0.15) is 23.5 Å². The fourth-order valence-electron chi connectivity index (χ4n) is 11.5. The van der Waals surface area contributed by atoms with Gasteiger partial charge in [0, 0.05) is 63.1 Å². The van der Waals surface area contributed by atoms with E-state index < -0.39 is 75.7 Å². The van der Waals surface area contributed by atoms with Crippen molar-refractivity contribution in [1.82, 2.24) is 49.2 Å². The van der Waals surface area contributed by atoms with Gasteiger partial charge in [-0.15, -0.1) is 0 Å². The summed E-state index contributed by atoms with van der Waals surface area (Å²) in [4.78, 5) is 46.0. The molecule has 12 rings (SSSR count). The molecular weight excluding hydrogens is 1440 g/mol. The van der Waals surface area contributed by atoms with Gasteiger partial charge in [0.1, 0.15) is 74.4 Å². The van der Waals surface area contributed by atoms with Crippen molar-refractivity contribution in [2.45, 2.75) is 87.9 Å². The van der Waals surface area contributed by atoms with Crippen molar-refractivity contribution in [3.8, 4) is 11.5 Å². The van der Waals surface area contributed by atoms with E-state index in [1.807, 2.05) is 73.4 Å². The molecule has 2 fully saturated rings. The van der Waals surface area contributed by atoms with Gasteiger partial charge < -0.3 is 75.7 Å². The molecule has 14 N–H and O–H groups in total. The van der Waals surface area contributed by atoms with Gasteiger partial charge in [0.25, 0.3) is 23.0 Å². The molecule has 2 aliphatic heterocycles. The Balaban J connectivity index is 0.000000233. The predicted molar refractivity (Wildman–Crippen MR) is 394 cm³/mol. The van der Waals surface area contributed by atoms with E-state index in [4.69, 9.17) is 71.7 Å². The maximum Gasteiger partial charge on any atom is 0.405 e. The van der Waals surface area contributed by atoms with Crippen LogP contribution in [-0.2, 0) is 62.6 Å². The van der Waals surface area contributed by atoms with Crippen LogP contribution in [0.15, 0.2) is 132 Å². The van der Waals surface area contributed by atoms with E-state index in [1.54, 1.807) is 69.4 Å². The smallest absolute Gasteiger partial charge is 0.405 e. The molecule has 0 spiro atoms. The highest BCUT2D eigenvalue weighted by Crippen LogP contribution is 2.46. The molecule has 10 aromatic rings. The normalized spacial score (nSPS) is 20.1. The number of hydrogen-bond donors (Lipinski definition) is 12. The van der Waals surface area contributed by atoms with Crippen molar-refractivity contribution in [2.24, 2.45) is 0 Å². The van der Waals surface area contributed by atoms with Crippen LogP contribution < -0.4 is 51.4 Å². The van der Waals surface area contributed by atoms with E-state index in [2.05, 4.69) is 40.1 Å².